The Kier molecular flexibility index (Phi) is 5.37. The summed E-state index contributed by atoms with van der Waals surface area (Å²) in [4.78, 5) is 3.75. The minimum atomic E-state index is -3.94. The highest BCUT2D eigenvalue weighted by molar-refractivity contribution is 7.93. The summed E-state index contributed by atoms with van der Waals surface area (Å²) in [5.41, 5.74) is 0.901. The third-order valence-electron chi connectivity index (χ3n) is 3.78. The van der Waals surface area contributed by atoms with Gasteiger partial charge in [0.2, 0.25) is 0 Å². The van der Waals surface area contributed by atoms with Crippen LogP contribution < -0.4 is 9.44 Å². The molecular formula is C17H17ClN4O4S2. The van der Waals surface area contributed by atoms with Gasteiger partial charge in [0.25, 0.3) is 20.0 Å². The number of imidazole rings is 1. The molecule has 0 radical (unpaired) electrons. The van der Waals surface area contributed by atoms with Crippen molar-refractivity contribution in [2.75, 3.05) is 9.44 Å². The van der Waals surface area contributed by atoms with E-state index in [0.717, 1.165) is 0 Å². The molecule has 8 nitrogen and oxygen atoms in total. The highest BCUT2D eigenvalue weighted by Crippen LogP contribution is 2.25. The van der Waals surface area contributed by atoms with Gasteiger partial charge in [-0.3, -0.25) is 9.44 Å². The molecule has 28 heavy (non-hydrogen) atoms. The molecule has 1 heterocycles. The lowest BCUT2D eigenvalue weighted by Crippen LogP contribution is -2.16. The highest BCUT2D eigenvalue weighted by atomic mass is 35.5. The molecule has 0 aliphatic heterocycles. The first-order chi connectivity index (χ1) is 13.1. The Labute approximate surface area is 168 Å². The zero-order valence-electron chi connectivity index (χ0n) is 14.9. The molecule has 0 saturated heterocycles. The van der Waals surface area contributed by atoms with Crippen LogP contribution in [0.5, 0.6) is 0 Å². The van der Waals surface area contributed by atoms with Gasteiger partial charge in [0.1, 0.15) is 0 Å². The predicted octanol–water partition coefficient (Wildman–Crippen LogP) is 2.98. The third kappa shape index (κ3) is 4.46. The highest BCUT2D eigenvalue weighted by Gasteiger charge is 2.21. The van der Waals surface area contributed by atoms with Crippen LogP contribution in [0.4, 0.5) is 11.4 Å². The van der Waals surface area contributed by atoms with Crippen molar-refractivity contribution in [3.63, 3.8) is 0 Å². The molecule has 0 unspecified atom stereocenters. The quantitative estimate of drug-likeness (QED) is 0.612. The average molecular weight is 441 g/mol. The van der Waals surface area contributed by atoms with Crippen LogP contribution in [0.15, 0.2) is 64.9 Å². The van der Waals surface area contributed by atoms with Gasteiger partial charge in [0.05, 0.1) is 16.9 Å². The molecule has 0 aliphatic carbocycles. The second-order valence-electron chi connectivity index (χ2n) is 6.08. The van der Waals surface area contributed by atoms with Crippen LogP contribution in [0, 0.1) is 6.92 Å². The van der Waals surface area contributed by atoms with E-state index in [4.69, 9.17) is 11.6 Å². The predicted molar refractivity (Wildman–Crippen MR) is 107 cm³/mol. The standard InChI is InChI=1S/C17H17ClN4O4S2/c1-12-3-6-15(21-28(25,26)17-10-22(2)11-19-17)9-16(12)27(23,24)20-14-7-4-13(18)5-8-14/h3-11,20-21H,1-2H3. The first-order valence-corrected chi connectivity index (χ1v) is 11.3. The zero-order valence-corrected chi connectivity index (χ0v) is 17.3. The number of halogens is 1. The Morgan fingerprint density at radius 1 is 0.929 bits per heavy atom. The Morgan fingerprint density at radius 2 is 1.54 bits per heavy atom. The van der Waals surface area contributed by atoms with Gasteiger partial charge in [-0.25, -0.2) is 13.4 Å². The topological polar surface area (TPSA) is 110 Å². The maximum Gasteiger partial charge on any atom is 0.280 e. The number of aromatic nitrogens is 2. The summed E-state index contributed by atoms with van der Waals surface area (Å²) in [6.45, 7) is 1.62. The number of hydrogen-bond donors (Lipinski definition) is 2. The van der Waals surface area contributed by atoms with E-state index in [0.29, 0.717) is 16.3 Å². The average Bonchev–Trinajstić information content (AvgIpc) is 3.06. The van der Waals surface area contributed by atoms with E-state index < -0.39 is 20.0 Å². The maximum atomic E-state index is 12.8. The van der Waals surface area contributed by atoms with Crippen LogP contribution in [0.25, 0.3) is 0 Å². The first kappa shape index (κ1) is 20.2. The molecular weight excluding hydrogens is 424 g/mol. The normalized spacial score (nSPS) is 12.0. The Morgan fingerprint density at radius 3 is 2.14 bits per heavy atom. The lowest BCUT2D eigenvalue weighted by atomic mass is 10.2. The van der Waals surface area contributed by atoms with Crippen molar-refractivity contribution in [3.05, 3.63) is 65.6 Å². The first-order valence-electron chi connectivity index (χ1n) is 7.97. The SMILES string of the molecule is Cc1ccc(NS(=O)(=O)c2cn(C)cn2)cc1S(=O)(=O)Nc1ccc(Cl)cc1. The molecule has 2 N–H and O–H groups in total. The summed E-state index contributed by atoms with van der Waals surface area (Å²) in [6.07, 6.45) is 2.70. The number of hydrogen-bond acceptors (Lipinski definition) is 5. The number of aryl methyl sites for hydroxylation is 2. The lowest BCUT2D eigenvalue weighted by Gasteiger charge is -2.13. The molecule has 1 aromatic heterocycles. The second kappa shape index (κ2) is 7.46. The van der Waals surface area contributed by atoms with Crippen LogP contribution >= 0.6 is 11.6 Å². The van der Waals surface area contributed by atoms with Crippen molar-refractivity contribution >= 4 is 43.0 Å². The lowest BCUT2D eigenvalue weighted by molar-refractivity contribution is 0.596. The fraction of sp³-hybridized carbons (Fsp3) is 0.118. The van der Waals surface area contributed by atoms with E-state index in [1.165, 1.54) is 47.4 Å². The maximum absolute atomic E-state index is 12.8. The van der Waals surface area contributed by atoms with E-state index in [-0.39, 0.29) is 15.6 Å². The van der Waals surface area contributed by atoms with Crippen molar-refractivity contribution in [1.82, 2.24) is 9.55 Å². The summed E-state index contributed by atoms with van der Waals surface area (Å²) in [5, 5.41) is 0.310. The van der Waals surface area contributed by atoms with E-state index in [1.54, 1.807) is 26.1 Å². The summed E-state index contributed by atoms with van der Waals surface area (Å²) in [7, 11) is -6.24. The van der Waals surface area contributed by atoms with E-state index >= 15 is 0 Å². The molecule has 0 saturated carbocycles. The van der Waals surface area contributed by atoms with E-state index in [9.17, 15) is 16.8 Å². The fourth-order valence-corrected chi connectivity index (χ4v) is 4.91. The number of sulfonamides is 2. The van der Waals surface area contributed by atoms with Crippen molar-refractivity contribution in [1.29, 1.82) is 0 Å². The molecule has 0 bridgehead atoms. The Bertz CT molecular complexity index is 1220. The smallest absolute Gasteiger partial charge is 0.280 e. The third-order valence-corrected chi connectivity index (χ3v) is 6.82. The molecule has 148 valence electrons. The number of nitrogens with zero attached hydrogens (tertiary/aromatic N) is 2. The van der Waals surface area contributed by atoms with Gasteiger partial charge in [-0.15, -0.1) is 0 Å². The van der Waals surface area contributed by atoms with Gasteiger partial charge in [0.15, 0.2) is 5.03 Å². The molecule has 11 heteroatoms. The number of nitrogens with one attached hydrogen (secondary N) is 2. The van der Waals surface area contributed by atoms with Crippen LogP contribution in [0.2, 0.25) is 5.02 Å². The molecule has 0 spiro atoms. The monoisotopic (exact) mass is 440 g/mol. The van der Waals surface area contributed by atoms with Crippen molar-refractivity contribution in [3.8, 4) is 0 Å². The van der Waals surface area contributed by atoms with Crippen LogP contribution in [-0.2, 0) is 27.1 Å². The Balaban J connectivity index is 1.91. The molecule has 0 amide bonds. The van der Waals surface area contributed by atoms with Crippen LogP contribution in [0.1, 0.15) is 5.56 Å². The van der Waals surface area contributed by atoms with Gasteiger partial charge in [-0.05, 0) is 48.9 Å². The van der Waals surface area contributed by atoms with Gasteiger partial charge in [-0.2, -0.15) is 8.42 Å². The zero-order chi connectivity index (χ0) is 20.5. The molecule has 2 aromatic carbocycles. The summed E-state index contributed by atoms with van der Waals surface area (Å²) in [5.74, 6) is 0. The second-order valence-corrected chi connectivity index (χ2v) is 9.79. The van der Waals surface area contributed by atoms with Crippen molar-refractivity contribution in [2.45, 2.75) is 16.8 Å². The largest absolute Gasteiger partial charge is 0.339 e. The van der Waals surface area contributed by atoms with Crippen molar-refractivity contribution in [2.24, 2.45) is 7.05 Å². The van der Waals surface area contributed by atoms with Gasteiger partial charge in [0, 0.05) is 24.0 Å². The molecule has 3 aromatic rings. The number of anilines is 2. The molecule has 0 fully saturated rings. The van der Waals surface area contributed by atoms with E-state index in [1.807, 2.05) is 0 Å². The number of rotatable bonds is 6. The molecule has 0 aliphatic rings. The minimum absolute atomic E-state index is 0.0522. The minimum Gasteiger partial charge on any atom is -0.339 e. The van der Waals surface area contributed by atoms with Gasteiger partial charge in [-0.1, -0.05) is 17.7 Å². The fourth-order valence-electron chi connectivity index (χ4n) is 2.42. The van der Waals surface area contributed by atoms with Crippen molar-refractivity contribution < 1.29 is 16.8 Å². The summed E-state index contributed by atoms with van der Waals surface area (Å²) < 4.78 is 56.7. The van der Waals surface area contributed by atoms with Crippen LogP contribution in [-0.4, -0.2) is 26.4 Å². The molecule has 0 atom stereocenters. The van der Waals surface area contributed by atoms with Gasteiger partial charge >= 0.3 is 0 Å². The van der Waals surface area contributed by atoms with Crippen LogP contribution in [0.3, 0.4) is 0 Å². The van der Waals surface area contributed by atoms with Gasteiger partial charge < -0.3 is 4.57 Å². The number of benzene rings is 2. The summed E-state index contributed by atoms with van der Waals surface area (Å²) in [6, 6.07) is 10.4. The molecule has 3 rings (SSSR count). The summed E-state index contributed by atoms with van der Waals surface area (Å²) >= 11 is 5.81. The van der Waals surface area contributed by atoms with E-state index in [2.05, 4.69) is 14.4 Å². The Hall–Kier alpha value is -2.56.